The lowest BCUT2D eigenvalue weighted by molar-refractivity contribution is 0.161. The van der Waals surface area contributed by atoms with Crippen LogP contribution in [-0.2, 0) is 12.0 Å². The second-order valence-electron chi connectivity index (χ2n) is 6.59. The fourth-order valence-corrected chi connectivity index (χ4v) is 3.98. The molecule has 1 saturated heterocycles. The van der Waals surface area contributed by atoms with Crippen LogP contribution in [0.25, 0.3) is 0 Å². The van der Waals surface area contributed by atoms with Crippen molar-refractivity contribution in [1.82, 2.24) is 19.9 Å². The van der Waals surface area contributed by atoms with Gasteiger partial charge in [-0.15, -0.1) is 11.3 Å². The van der Waals surface area contributed by atoms with Crippen LogP contribution in [-0.4, -0.2) is 47.0 Å². The highest BCUT2D eigenvalue weighted by Crippen LogP contribution is 2.38. The van der Waals surface area contributed by atoms with Crippen LogP contribution in [0.1, 0.15) is 30.3 Å². The first-order valence-corrected chi connectivity index (χ1v) is 8.98. The Bertz CT molecular complexity index is 647. The van der Waals surface area contributed by atoms with Gasteiger partial charge in [-0.05, 0) is 25.9 Å². The number of thiazole rings is 1. The molecular formula is C16H22ClN5S. The van der Waals surface area contributed by atoms with E-state index in [1.807, 2.05) is 31.4 Å². The Morgan fingerprint density at radius 1 is 1.17 bits per heavy atom. The largest absolute Gasteiger partial charge is 0.347 e. The summed E-state index contributed by atoms with van der Waals surface area (Å²) in [4.78, 5) is 17.6. The molecule has 0 amide bonds. The summed E-state index contributed by atoms with van der Waals surface area (Å²) in [5, 5.41) is 1.17. The first kappa shape index (κ1) is 16.6. The van der Waals surface area contributed by atoms with Crippen molar-refractivity contribution in [3.05, 3.63) is 33.5 Å². The summed E-state index contributed by atoms with van der Waals surface area (Å²) in [7, 11) is 3.90. The number of halogens is 1. The van der Waals surface area contributed by atoms with Gasteiger partial charge in [0.1, 0.15) is 4.34 Å². The van der Waals surface area contributed by atoms with Crippen LogP contribution in [0, 0.1) is 0 Å². The zero-order valence-electron chi connectivity index (χ0n) is 13.8. The van der Waals surface area contributed by atoms with Crippen LogP contribution in [0.15, 0.2) is 18.6 Å². The number of rotatable bonds is 4. The molecule has 124 valence electrons. The van der Waals surface area contributed by atoms with Crippen LogP contribution >= 0.6 is 22.9 Å². The summed E-state index contributed by atoms with van der Waals surface area (Å²) in [6.45, 7) is 5.32. The summed E-state index contributed by atoms with van der Waals surface area (Å²) in [6.07, 6.45) is 7.83. The Morgan fingerprint density at radius 2 is 1.83 bits per heavy atom. The van der Waals surface area contributed by atoms with Crippen LogP contribution in [0.3, 0.4) is 0 Å². The summed E-state index contributed by atoms with van der Waals surface area (Å²) in [6, 6.07) is 0. The quantitative estimate of drug-likeness (QED) is 0.846. The average Bonchev–Trinajstić information content (AvgIpc) is 2.98. The maximum absolute atomic E-state index is 6.04. The SMILES string of the molecule is CN(C)c1ncc(CN2CCC(C)(c3ncc(Cl)s3)CC2)cn1. The molecule has 0 N–H and O–H groups in total. The van der Waals surface area contributed by atoms with Crippen molar-refractivity contribution >= 4 is 28.9 Å². The molecule has 1 aliphatic heterocycles. The van der Waals surface area contributed by atoms with Crippen molar-refractivity contribution in [1.29, 1.82) is 0 Å². The highest BCUT2D eigenvalue weighted by molar-refractivity contribution is 7.15. The fraction of sp³-hybridized carbons (Fsp3) is 0.562. The van der Waals surface area contributed by atoms with Crippen molar-refractivity contribution in [2.45, 2.75) is 31.7 Å². The summed E-state index contributed by atoms with van der Waals surface area (Å²) >= 11 is 7.65. The van der Waals surface area contributed by atoms with Crippen molar-refractivity contribution < 1.29 is 0 Å². The minimum absolute atomic E-state index is 0.152. The highest BCUT2D eigenvalue weighted by Gasteiger charge is 2.34. The third kappa shape index (κ3) is 3.82. The molecule has 0 saturated carbocycles. The Morgan fingerprint density at radius 3 is 2.35 bits per heavy atom. The Balaban J connectivity index is 1.58. The predicted octanol–water partition coefficient (Wildman–Crippen LogP) is 3.21. The molecule has 7 heteroatoms. The second kappa shape index (κ2) is 6.71. The molecule has 23 heavy (non-hydrogen) atoms. The van der Waals surface area contributed by atoms with Gasteiger partial charge in [-0.3, -0.25) is 4.90 Å². The van der Waals surface area contributed by atoms with Gasteiger partial charge in [0, 0.05) is 44.0 Å². The standard InChI is InChI=1S/C16H22ClN5S/c1-16(14-18-10-13(17)23-14)4-6-22(7-5-16)11-12-8-19-15(20-9-12)21(2)3/h8-10H,4-7,11H2,1-3H3. The smallest absolute Gasteiger partial charge is 0.224 e. The van der Waals surface area contributed by atoms with Crippen LogP contribution in [0.4, 0.5) is 5.95 Å². The first-order valence-electron chi connectivity index (χ1n) is 7.79. The van der Waals surface area contributed by atoms with Crippen molar-refractivity contribution in [3.63, 3.8) is 0 Å². The molecule has 3 rings (SSSR count). The van der Waals surface area contributed by atoms with Gasteiger partial charge in [-0.25, -0.2) is 15.0 Å². The average molecular weight is 352 g/mol. The van der Waals surface area contributed by atoms with E-state index in [-0.39, 0.29) is 5.41 Å². The first-order chi connectivity index (χ1) is 11.0. The van der Waals surface area contributed by atoms with Gasteiger partial charge < -0.3 is 4.90 Å². The van der Waals surface area contributed by atoms with Crippen LogP contribution in [0.5, 0.6) is 0 Å². The van der Waals surface area contributed by atoms with E-state index in [0.717, 1.165) is 48.3 Å². The van der Waals surface area contributed by atoms with E-state index in [0.29, 0.717) is 0 Å². The van der Waals surface area contributed by atoms with E-state index >= 15 is 0 Å². The van der Waals surface area contributed by atoms with E-state index in [2.05, 4.69) is 26.8 Å². The molecule has 0 spiro atoms. The zero-order chi connectivity index (χ0) is 16.4. The Labute approximate surface area is 146 Å². The maximum Gasteiger partial charge on any atom is 0.224 e. The fourth-order valence-electron chi connectivity index (χ4n) is 2.87. The summed E-state index contributed by atoms with van der Waals surface area (Å²) in [5.74, 6) is 0.751. The highest BCUT2D eigenvalue weighted by atomic mass is 35.5. The van der Waals surface area contributed by atoms with Crippen molar-refractivity contribution in [2.24, 2.45) is 0 Å². The number of hydrogen-bond acceptors (Lipinski definition) is 6. The lowest BCUT2D eigenvalue weighted by Gasteiger charge is -2.38. The summed E-state index contributed by atoms with van der Waals surface area (Å²) in [5.41, 5.74) is 1.32. The van der Waals surface area contributed by atoms with Crippen molar-refractivity contribution in [3.8, 4) is 0 Å². The topological polar surface area (TPSA) is 45.2 Å². The van der Waals surface area contributed by atoms with Gasteiger partial charge in [0.25, 0.3) is 0 Å². The molecule has 0 aromatic carbocycles. The minimum Gasteiger partial charge on any atom is -0.347 e. The number of likely N-dealkylation sites (tertiary alicyclic amines) is 1. The van der Waals surface area contributed by atoms with Gasteiger partial charge >= 0.3 is 0 Å². The van der Waals surface area contributed by atoms with E-state index in [4.69, 9.17) is 11.6 Å². The number of aromatic nitrogens is 3. The molecule has 0 aliphatic carbocycles. The van der Waals surface area contributed by atoms with Crippen LogP contribution in [0.2, 0.25) is 4.34 Å². The van der Waals surface area contributed by atoms with Gasteiger partial charge in [-0.2, -0.15) is 0 Å². The Hall–Kier alpha value is -1.24. The lowest BCUT2D eigenvalue weighted by atomic mass is 9.81. The number of hydrogen-bond donors (Lipinski definition) is 0. The maximum atomic E-state index is 6.04. The van der Waals surface area contributed by atoms with Crippen LogP contribution < -0.4 is 4.90 Å². The monoisotopic (exact) mass is 351 g/mol. The number of nitrogens with zero attached hydrogens (tertiary/aromatic N) is 5. The van der Waals surface area contributed by atoms with Gasteiger partial charge in [0.2, 0.25) is 5.95 Å². The van der Waals surface area contributed by atoms with Gasteiger partial charge in [0.05, 0.1) is 11.2 Å². The molecule has 1 fully saturated rings. The zero-order valence-corrected chi connectivity index (χ0v) is 15.4. The number of anilines is 1. The molecule has 0 atom stereocenters. The molecule has 2 aromatic rings. The van der Waals surface area contributed by atoms with Gasteiger partial charge in [0.15, 0.2) is 0 Å². The predicted molar refractivity (Wildman–Crippen MR) is 95.3 cm³/mol. The third-order valence-corrected chi connectivity index (χ3v) is 5.87. The van der Waals surface area contributed by atoms with E-state index in [1.54, 1.807) is 17.5 Å². The molecule has 2 aromatic heterocycles. The molecule has 1 aliphatic rings. The normalized spacial score (nSPS) is 18.1. The number of piperidine rings is 1. The van der Waals surface area contributed by atoms with E-state index in [9.17, 15) is 0 Å². The van der Waals surface area contributed by atoms with E-state index in [1.165, 1.54) is 5.01 Å². The van der Waals surface area contributed by atoms with Crippen molar-refractivity contribution in [2.75, 3.05) is 32.1 Å². The van der Waals surface area contributed by atoms with Gasteiger partial charge in [-0.1, -0.05) is 18.5 Å². The molecule has 3 heterocycles. The lowest BCUT2D eigenvalue weighted by Crippen LogP contribution is -2.40. The molecular weight excluding hydrogens is 330 g/mol. The summed E-state index contributed by atoms with van der Waals surface area (Å²) < 4.78 is 0.779. The molecule has 0 radical (unpaired) electrons. The molecule has 0 bridgehead atoms. The van der Waals surface area contributed by atoms with E-state index < -0.39 is 0 Å². The molecule has 5 nitrogen and oxygen atoms in total. The second-order valence-corrected chi connectivity index (χ2v) is 8.25. The molecule has 0 unspecified atom stereocenters. The Kier molecular flexibility index (Phi) is 4.85. The third-order valence-electron chi connectivity index (χ3n) is 4.45. The minimum atomic E-state index is 0.152.